The Morgan fingerprint density at radius 3 is 2.91 bits per heavy atom. The number of aryl methyl sites for hydroxylation is 1. The van der Waals surface area contributed by atoms with Crippen LogP contribution in [0.2, 0.25) is 5.02 Å². The summed E-state index contributed by atoms with van der Waals surface area (Å²) in [5, 5.41) is 22.2. The summed E-state index contributed by atoms with van der Waals surface area (Å²) in [6.07, 6.45) is 2.89. The largest absolute Gasteiger partial charge is 0.484 e. The highest BCUT2D eigenvalue weighted by atomic mass is 35.5. The number of benzene rings is 1. The molecule has 35 heavy (non-hydrogen) atoms. The van der Waals surface area contributed by atoms with E-state index in [1.165, 1.54) is 16.2 Å². The number of aromatic nitrogens is 2. The summed E-state index contributed by atoms with van der Waals surface area (Å²) < 4.78 is 11.3. The van der Waals surface area contributed by atoms with E-state index in [1.54, 1.807) is 12.1 Å². The number of hydrogen-bond acceptors (Lipinski definition) is 8. The zero-order chi connectivity index (χ0) is 25.2. The second kappa shape index (κ2) is 10.6. The van der Waals surface area contributed by atoms with Crippen LogP contribution in [0.5, 0.6) is 5.75 Å². The molecule has 1 atom stereocenters. The van der Waals surface area contributed by atoms with E-state index in [0.29, 0.717) is 33.1 Å². The summed E-state index contributed by atoms with van der Waals surface area (Å²) in [7, 11) is 0. The Bertz CT molecular complexity index is 1270. The quantitative estimate of drug-likeness (QED) is 0.351. The molecule has 1 aliphatic carbocycles. The zero-order valence-electron chi connectivity index (χ0n) is 20.1. The number of anilines is 1. The smallest absolute Gasteiger partial charge is 0.277 e. The summed E-state index contributed by atoms with van der Waals surface area (Å²) in [6.45, 7) is 8.79. The molecule has 3 aromatic rings. The van der Waals surface area contributed by atoms with E-state index < -0.39 is 0 Å². The van der Waals surface area contributed by atoms with Gasteiger partial charge in [0.05, 0.1) is 11.3 Å². The molecule has 0 fully saturated rings. The minimum atomic E-state index is -0.217. The molecular weight excluding hydrogens is 504 g/mol. The molecule has 184 valence electrons. The molecule has 1 N–H and O–H groups in total. The van der Waals surface area contributed by atoms with E-state index in [4.69, 9.17) is 20.8 Å². The summed E-state index contributed by atoms with van der Waals surface area (Å²) in [5.41, 5.74) is 2.82. The van der Waals surface area contributed by atoms with Gasteiger partial charge in [-0.3, -0.25) is 4.79 Å². The van der Waals surface area contributed by atoms with Gasteiger partial charge in [-0.25, -0.2) is 0 Å². The minimum Gasteiger partial charge on any atom is -0.484 e. The van der Waals surface area contributed by atoms with Gasteiger partial charge in [-0.1, -0.05) is 44.1 Å². The molecule has 1 aromatic carbocycles. The van der Waals surface area contributed by atoms with Gasteiger partial charge in [0, 0.05) is 9.90 Å². The van der Waals surface area contributed by atoms with Crippen LogP contribution in [0.25, 0.3) is 0 Å². The van der Waals surface area contributed by atoms with Gasteiger partial charge in [-0.15, -0.1) is 21.5 Å². The first kappa shape index (κ1) is 25.5. The number of thiophene rings is 1. The topological polar surface area (TPSA) is 101 Å². The first-order chi connectivity index (χ1) is 16.6. The molecule has 2 heterocycles. The number of carbonyl (C=O) groups excluding carboxylic acids is 1. The zero-order valence-corrected chi connectivity index (χ0v) is 22.5. The molecule has 2 aromatic heterocycles. The third kappa shape index (κ3) is 6.18. The summed E-state index contributed by atoms with van der Waals surface area (Å²) >= 11 is 8.64. The number of nitrogens with zero attached hydrogens (tertiary/aromatic N) is 3. The predicted molar refractivity (Wildman–Crippen MR) is 138 cm³/mol. The van der Waals surface area contributed by atoms with Crippen molar-refractivity contribution in [2.45, 2.75) is 58.8 Å². The van der Waals surface area contributed by atoms with Gasteiger partial charge in [0.15, 0.2) is 6.61 Å². The molecule has 0 saturated carbocycles. The van der Waals surface area contributed by atoms with Crippen molar-refractivity contribution in [3.63, 3.8) is 0 Å². The van der Waals surface area contributed by atoms with Crippen molar-refractivity contribution in [3.8, 4) is 11.8 Å². The molecule has 0 spiro atoms. The van der Waals surface area contributed by atoms with Crippen LogP contribution < -0.4 is 10.1 Å². The second-order valence-corrected chi connectivity index (χ2v) is 12.1. The Labute approximate surface area is 218 Å². The molecule has 7 nitrogen and oxygen atoms in total. The van der Waals surface area contributed by atoms with Crippen molar-refractivity contribution >= 4 is 45.6 Å². The van der Waals surface area contributed by atoms with Crippen molar-refractivity contribution in [2.75, 3.05) is 11.1 Å². The van der Waals surface area contributed by atoms with Crippen LogP contribution in [-0.4, -0.2) is 21.9 Å². The average molecular weight is 531 g/mol. The fourth-order valence-corrected chi connectivity index (χ4v) is 6.19. The third-order valence-corrected chi connectivity index (χ3v) is 8.34. The lowest BCUT2D eigenvalue weighted by Gasteiger charge is -2.33. The number of halogens is 1. The lowest BCUT2D eigenvalue weighted by atomic mass is 9.72. The van der Waals surface area contributed by atoms with Gasteiger partial charge in [0.2, 0.25) is 5.91 Å². The first-order valence-corrected chi connectivity index (χ1v) is 13.5. The molecule has 4 rings (SSSR count). The second-order valence-electron chi connectivity index (χ2n) is 9.62. The van der Waals surface area contributed by atoms with E-state index in [2.05, 4.69) is 42.4 Å². The third-order valence-electron chi connectivity index (χ3n) is 6.12. The van der Waals surface area contributed by atoms with Crippen LogP contribution in [-0.2, 0) is 24.2 Å². The van der Waals surface area contributed by atoms with Crippen molar-refractivity contribution in [3.05, 3.63) is 50.7 Å². The average Bonchev–Trinajstić information content (AvgIpc) is 3.39. The standard InChI is InChI=1S/C25H27ClN4O3S2/c1-14-9-16(26)6-8-19(14)32-12-22-29-30-24(33-22)34-13-21(31)28-23-18(11-27)17-7-5-15(25(2,3)4)10-20(17)35-23/h6,8-9,15H,5,7,10,12-13H2,1-4H3,(H,28,31)/t15-/m1/s1. The fourth-order valence-electron chi connectivity index (χ4n) is 4.09. The Balaban J connectivity index is 1.32. The van der Waals surface area contributed by atoms with Gasteiger partial charge in [0.1, 0.15) is 16.8 Å². The summed E-state index contributed by atoms with van der Waals surface area (Å²) in [4.78, 5) is 13.8. The number of nitriles is 1. The van der Waals surface area contributed by atoms with Gasteiger partial charge in [-0.05, 0) is 66.8 Å². The van der Waals surface area contributed by atoms with Crippen molar-refractivity contribution in [2.24, 2.45) is 11.3 Å². The maximum absolute atomic E-state index is 12.6. The molecule has 0 aliphatic heterocycles. The number of rotatable bonds is 7. The predicted octanol–water partition coefficient (Wildman–Crippen LogP) is 6.43. The molecule has 0 saturated heterocycles. The minimum absolute atomic E-state index is 0.0941. The molecular formula is C25H27ClN4O3S2. The Morgan fingerprint density at radius 2 is 2.20 bits per heavy atom. The summed E-state index contributed by atoms with van der Waals surface area (Å²) in [6, 6.07) is 7.65. The summed E-state index contributed by atoms with van der Waals surface area (Å²) in [5.74, 6) is 1.44. The molecule has 1 amide bonds. The number of carbonyl (C=O) groups is 1. The van der Waals surface area contributed by atoms with Crippen LogP contribution in [0.3, 0.4) is 0 Å². The molecule has 0 radical (unpaired) electrons. The van der Waals surface area contributed by atoms with Crippen LogP contribution in [0.1, 0.15) is 54.7 Å². The van der Waals surface area contributed by atoms with Gasteiger partial charge >= 0.3 is 0 Å². The number of nitrogens with one attached hydrogen (secondary N) is 1. The highest BCUT2D eigenvalue weighted by molar-refractivity contribution is 7.99. The molecule has 0 unspecified atom stereocenters. The SMILES string of the molecule is Cc1cc(Cl)ccc1OCc1nnc(SCC(=O)Nc2sc3c(c2C#N)CC[C@@H](C(C)(C)C)C3)o1. The van der Waals surface area contributed by atoms with Crippen LogP contribution in [0.4, 0.5) is 5.00 Å². The number of amides is 1. The number of thioether (sulfide) groups is 1. The van der Waals surface area contributed by atoms with Crippen LogP contribution >= 0.6 is 34.7 Å². The van der Waals surface area contributed by atoms with Crippen molar-refractivity contribution in [1.29, 1.82) is 5.26 Å². The maximum atomic E-state index is 12.6. The highest BCUT2D eigenvalue weighted by Gasteiger charge is 2.32. The van der Waals surface area contributed by atoms with E-state index in [0.717, 1.165) is 42.2 Å². The van der Waals surface area contributed by atoms with Gasteiger partial charge in [-0.2, -0.15) is 5.26 Å². The van der Waals surface area contributed by atoms with Crippen LogP contribution in [0, 0.1) is 29.6 Å². The maximum Gasteiger partial charge on any atom is 0.277 e. The van der Waals surface area contributed by atoms with Crippen LogP contribution in [0.15, 0.2) is 27.8 Å². The Hall–Kier alpha value is -2.54. The van der Waals surface area contributed by atoms with E-state index in [1.807, 2.05) is 13.0 Å². The van der Waals surface area contributed by atoms with Crippen molar-refractivity contribution in [1.82, 2.24) is 10.2 Å². The first-order valence-electron chi connectivity index (χ1n) is 11.3. The monoisotopic (exact) mass is 530 g/mol. The molecule has 0 bridgehead atoms. The normalized spacial score (nSPS) is 15.4. The van der Waals surface area contributed by atoms with Gasteiger partial charge in [0.25, 0.3) is 11.1 Å². The van der Waals surface area contributed by atoms with E-state index in [-0.39, 0.29) is 28.9 Å². The Kier molecular flexibility index (Phi) is 7.74. The van der Waals surface area contributed by atoms with Gasteiger partial charge < -0.3 is 14.5 Å². The highest BCUT2D eigenvalue weighted by Crippen LogP contribution is 2.44. The lowest BCUT2D eigenvalue weighted by molar-refractivity contribution is -0.113. The number of fused-ring (bicyclic) bond motifs is 1. The van der Waals surface area contributed by atoms with Crippen molar-refractivity contribution < 1.29 is 13.9 Å². The molecule has 1 aliphatic rings. The Morgan fingerprint density at radius 1 is 1.40 bits per heavy atom. The fraction of sp³-hybridized carbons (Fsp3) is 0.440. The lowest BCUT2D eigenvalue weighted by Crippen LogP contribution is -2.26. The number of hydrogen-bond donors (Lipinski definition) is 1. The van der Waals surface area contributed by atoms with E-state index in [9.17, 15) is 10.1 Å². The number of ether oxygens (including phenoxy) is 1. The van der Waals surface area contributed by atoms with E-state index >= 15 is 0 Å². The molecule has 10 heteroatoms.